The molecule has 1 fully saturated rings. The molecule has 0 radical (unpaired) electrons. The fourth-order valence-electron chi connectivity index (χ4n) is 3.18. The molecule has 2 aromatic rings. The van der Waals surface area contributed by atoms with Crippen LogP contribution in [0.2, 0.25) is 0 Å². The molecule has 0 spiro atoms. The van der Waals surface area contributed by atoms with Crippen LogP contribution in [0.4, 0.5) is 24.5 Å². The van der Waals surface area contributed by atoms with Gasteiger partial charge in [-0.05, 0) is 48.2 Å². The van der Waals surface area contributed by atoms with E-state index in [-0.39, 0.29) is 21.3 Å². The molecule has 4 rings (SSSR count). The van der Waals surface area contributed by atoms with Crippen LogP contribution in [0.1, 0.15) is 18.1 Å². The van der Waals surface area contributed by atoms with E-state index in [9.17, 15) is 27.6 Å². The largest absolute Gasteiger partial charge is 0.416 e. The number of hydrogen-bond donors (Lipinski definition) is 1. The normalized spacial score (nSPS) is 19.8. The van der Waals surface area contributed by atoms with Crippen molar-refractivity contribution in [2.75, 3.05) is 4.90 Å². The second-order valence-electron chi connectivity index (χ2n) is 6.55. The molecule has 6 nitrogen and oxygen atoms in total. The topological polar surface area (TPSA) is 78.8 Å². The number of amides is 3. The molecule has 0 saturated carbocycles. The highest BCUT2D eigenvalue weighted by Crippen LogP contribution is 2.44. The van der Waals surface area contributed by atoms with E-state index in [2.05, 4.69) is 26.2 Å². The number of nitrogens with zero attached hydrogens (tertiary/aromatic N) is 2. The van der Waals surface area contributed by atoms with E-state index >= 15 is 0 Å². The molecule has 2 heterocycles. The summed E-state index contributed by atoms with van der Waals surface area (Å²) in [6.07, 6.45) is -4.53. The van der Waals surface area contributed by atoms with Crippen molar-refractivity contribution in [1.82, 2.24) is 5.32 Å². The summed E-state index contributed by atoms with van der Waals surface area (Å²) in [4.78, 5) is 42.6. The summed E-state index contributed by atoms with van der Waals surface area (Å²) in [5, 5.41) is 2.49. The molecule has 0 aromatic heterocycles. The molecular weight excluding hydrogens is 499 g/mol. The molecule has 2 aliphatic heterocycles. The number of anilines is 1. The Balaban J connectivity index is 1.76. The molecule has 2 aromatic carbocycles. The van der Waals surface area contributed by atoms with Crippen molar-refractivity contribution in [3.63, 3.8) is 0 Å². The van der Waals surface area contributed by atoms with Gasteiger partial charge in [0.25, 0.3) is 11.8 Å². The number of aliphatic imine (C=N–C) groups is 1. The molecule has 0 aliphatic carbocycles. The van der Waals surface area contributed by atoms with Crippen LogP contribution in [-0.4, -0.2) is 22.9 Å². The summed E-state index contributed by atoms with van der Waals surface area (Å²) < 4.78 is 39.4. The highest BCUT2D eigenvalue weighted by Gasteiger charge is 2.41. The second-order valence-corrected chi connectivity index (χ2v) is 8.46. The number of benzene rings is 2. The standard InChI is InChI=1S/C20H11BrF3N3O3S/c1-9(28)27-14-6-5-11(21)8-13(14)15(18(27)30)16-17(29)26-19(31-16)25-12-4-2-3-10(7-12)20(22,23)24/h2-8H,1H3,(H,25,26,29)/b16-15+. The maximum Gasteiger partial charge on any atom is 0.416 e. The summed E-state index contributed by atoms with van der Waals surface area (Å²) in [5.41, 5.74) is -0.102. The first-order valence-corrected chi connectivity index (χ1v) is 10.3. The smallest absolute Gasteiger partial charge is 0.300 e. The third-order valence-electron chi connectivity index (χ3n) is 4.46. The number of alkyl halides is 3. The third-order valence-corrected chi connectivity index (χ3v) is 5.93. The molecule has 158 valence electrons. The Morgan fingerprint density at radius 2 is 1.90 bits per heavy atom. The van der Waals surface area contributed by atoms with Crippen LogP contribution in [0, 0.1) is 0 Å². The predicted molar refractivity (Wildman–Crippen MR) is 114 cm³/mol. The van der Waals surface area contributed by atoms with Gasteiger partial charge in [-0.2, -0.15) is 13.2 Å². The lowest BCUT2D eigenvalue weighted by atomic mass is 10.1. The molecule has 0 bridgehead atoms. The lowest BCUT2D eigenvalue weighted by molar-refractivity contribution is -0.137. The minimum Gasteiger partial charge on any atom is -0.300 e. The highest BCUT2D eigenvalue weighted by molar-refractivity contribution is 9.10. The van der Waals surface area contributed by atoms with Gasteiger partial charge in [-0.1, -0.05) is 22.0 Å². The van der Waals surface area contributed by atoms with Crippen molar-refractivity contribution in [3.8, 4) is 0 Å². The third kappa shape index (κ3) is 3.90. The van der Waals surface area contributed by atoms with Crippen molar-refractivity contribution in [1.29, 1.82) is 0 Å². The van der Waals surface area contributed by atoms with Gasteiger partial charge in [-0.3, -0.25) is 14.4 Å². The van der Waals surface area contributed by atoms with Crippen molar-refractivity contribution in [2.24, 2.45) is 4.99 Å². The maximum absolute atomic E-state index is 12.9. The Morgan fingerprint density at radius 3 is 2.58 bits per heavy atom. The van der Waals surface area contributed by atoms with Crippen molar-refractivity contribution in [2.45, 2.75) is 13.1 Å². The first-order chi connectivity index (χ1) is 14.6. The number of fused-ring (bicyclic) bond motifs is 1. The minimum atomic E-state index is -4.53. The Morgan fingerprint density at radius 1 is 1.16 bits per heavy atom. The van der Waals surface area contributed by atoms with Crippen LogP contribution in [0.15, 0.2) is 56.8 Å². The number of halogens is 4. The van der Waals surface area contributed by atoms with E-state index in [0.29, 0.717) is 15.7 Å². The maximum atomic E-state index is 12.9. The fraction of sp³-hybridized carbons (Fsp3) is 0.100. The molecule has 11 heteroatoms. The monoisotopic (exact) mass is 509 g/mol. The van der Waals surface area contributed by atoms with Crippen molar-refractivity contribution < 1.29 is 27.6 Å². The Hall–Kier alpha value is -2.92. The van der Waals surface area contributed by atoms with Gasteiger partial charge in [-0.15, -0.1) is 0 Å². The van der Waals surface area contributed by atoms with Crippen LogP contribution < -0.4 is 10.2 Å². The molecule has 0 atom stereocenters. The van der Waals surface area contributed by atoms with Crippen LogP contribution >= 0.6 is 27.7 Å². The Labute approximate surface area is 186 Å². The average molecular weight is 510 g/mol. The summed E-state index contributed by atoms with van der Waals surface area (Å²) >= 11 is 4.14. The van der Waals surface area contributed by atoms with Gasteiger partial charge in [0, 0.05) is 17.0 Å². The van der Waals surface area contributed by atoms with E-state index in [4.69, 9.17) is 0 Å². The number of hydrogen-bond acceptors (Lipinski definition) is 5. The first kappa shape index (κ1) is 21.3. The number of thioether (sulfide) groups is 1. The zero-order valence-electron chi connectivity index (χ0n) is 15.6. The van der Waals surface area contributed by atoms with E-state index < -0.39 is 29.5 Å². The average Bonchev–Trinajstić information content (AvgIpc) is 3.16. The number of amidine groups is 1. The van der Waals surface area contributed by atoms with Crippen LogP contribution in [0.25, 0.3) is 5.57 Å². The van der Waals surface area contributed by atoms with Gasteiger partial charge >= 0.3 is 6.18 Å². The molecule has 2 aliphatic rings. The molecule has 1 N–H and O–H groups in total. The number of rotatable bonds is 1. The number of carbonyl (C=O) groups excluding carboxylic acids is 3. The molecule has 1 saturated heterocycles. The Bertz CT molecular complexity index is 1220. The zero-order chi connectivity index (χ0) is 22.5. The predicted octanol–water partition coefficient (Wildman–Crippen LogP) is 4.62. The number of carbonyl (C=O) groups is 3. The SMILES string of the molecule is CC(=O)N1C(=O)/C(=C2/SC(=Nc3cccc(C(F)(F)F)c3)NC2=O)c2cc(Br)ccc21. The highest BCUT2D eigenvalue weighted by atomic mass is 79.9. The second kappa shape index (κ2) is 7.65. The lowest BCUT2D eigenvalue weighted by Crippen LogP contribution is -2.31. The number of imide groups is 1. The van der Waals surface area contributed by atoms with E-state index in [1.165, 1.54) is 19.1 Å². The summed E-state index contributed by atoms with van der Waals surface area (Å²) in [6.45, 7) is 1.24. The van der Waals surface area contributed by atoms with Gasteiger partial charge < -0.3 is 5.32 Å². The minimum absolute atomic E-state index is 0.00451. The van der Waals surface area contributed by atoms with Crippen LogP contribution in [0.3, 0.4) is 0 Å². The molecule has 31 heavy (non-hydrogen) atoms. The summed E-state index contributed by atoms with van der Waals surface area (Å²) in [6, 6.07) is 9.22. The summed E-state index contributed by atoms with van der Waals surface area (Å²) in [7, 11) is 0. The van der Waals surface area contributed by atoms with Gasteiger partial charge in [-0.25, -0.2) is 9.89 Å². The van der Waals surface area contributed by atoms with Crippen LogP contribution in [0.5, 0.6) is 0 Å². The van der Waals surface area contributed by atoms with Crippen molar-refractivity contribution in [3.05, 3.63) is 63.0 Å². The van der Waals surface area contributed by atoms with Gasteiger partial charge in [0.05, 0.1) is 27.4 Å². The first-order valence-electron chi connectivity index (χ1n) is 8.70. The van der Waals surface area contributed by atoms with Crippen molar-refractivity contribution >= 4 is 67.5 Å². The van der Waals surface area contributed by atoms with E-state index in [1.807, 2.05) is 0 Å². The van der Waals surface area contributed by atoms with E-state index in [1.54, 1.807) is 18.2 Å². The fourth-order valence-corrected chi connectivity index (χ4v) is 4.47. The molecule has 0 unspecified atom stereocenters. The van der Waals surface area contributed by atoms with Crippen LogP contribution in [-0.2, 0) is 20.6 Å². The Kier molecular flexibility index (Phi) is 5.26. The quantitative estimate of drug-likeness (QED) is 0.568. The molecule has 3 amide bonds. The van der Waals surface area contributed by atoms with Gasteiger partial charge in [0.2, 0.25) is 5.91 Å². The number of nitrogens with one attached hydrogen (secondary N) is 1. The van der Waals surface area contributed by atoms with Gasteiger partial charge in [0.15, 0.2) is 5.17 Å². The molecular formula is C20H11BrF3N3O3S. The summed E-state index contributed by atoms with van der Waals surface area (Å²) in [5.74, 6) is -1.79. The van der Waals surface area contributed by atoms with E-state index in [0.717, 1.165) is 28.8 Å². The lowest BCUT2D eigenvalue weighted by Gasteiger charge is -2.11. The zero-order valence-corrected chi connectivity index (χ0v) is 18.0. The van der Waals surface area contributed by atoms with Gasteiger partial charge in [0.1, 0.15) is 0 Å².